The molecular weight excluding hydrogens is 436 g/mol. The molecule has 0 heterocycles. The number of hydrogen-bond acceptors (Lipinski definition) is 7. The zero-order valence-electron chi connectivity index (χ0n) is 18.3. The Morgan fingerprint density at radius 1 is 0.441 bits per heavy atom. The van der Waals surface area contributed by atoms with Crippen LogP contribution in [0.3, 0.4) is 0 Å². The zero-order chi connectivity index (χ0) is 23.4. The monoisotopic (exact) mass is 460 g/mol. The number of phenolic OH excluding ortho intramolecular Hbond substituents is 1. The minimum absolute atomic E-state index is 0.0252. The second-order valence-electron chi connectivity index (χ2n) is 7.18. The highest BCUT2D eigenvalue weighted by molar-refractivity contribution is 5.43. The Kier molecular flexibility index (Phi) is 8.35. The minimum atomic E-state index is -0.0296. The molecule has 0 fully saturated rings. The third-order valence-corrected chi connectivity index (χ3v) is 4.82. The van der Waals surface area contributed by atoms with Crippen molar-refractivity contribution in [2.45, 2.75) is 19.8 Å². The van der Waals surface area contributed by atoms with Crippen molar-refractivity contribution in [2.75, 3.05) is 0 Å². The average Bonchev–Trinajstić information content (AvgIpc) is 2.88. The predicted molar refractivity (Wildman–Crippen MR) is 124 cm³/mol. The summed E-state index contributed by atoms with van der Waals surface area (Å²) in [6.45, 7) is 0.0985. The number of aromatic hydroxyl groups is 1. The Hall–Kier alpha value is -4.04. The molecule has 4 rings (SSSR count). The molecular formula is C27H24O7. The fraction of sp³-hybridized carbons (Fsp3) is 0.111. The van der Waals surface area contributed by atoms with E-state index >= 15 is 0 Å². The zero-order valence-corrected chi connectivity index (χ0v) is 18.3. The summed E-state index contributed by atoms with van der Waals surface area (Å²) in [5.41, 5.74) is 1.83. The van der Waals surface area contributed by atoms with Gasteiger partial charge in [-0.05, 0) is 53.6 Å². The van der Waals surface area contributed by atoms with Crippen LogP contribution in [0.5, 0.6) is 23.0 Å². The Morgan fingerprint density at radius 3 is 1.32 bits per heavy atom. The van der Waals surface area contributed by atoms with Gasteiger partial charge in [0.2, 0.25) is 0 Å². The minimum Gasteiger partial charge on any atom is -0.508 e. The molecule has 0 radical (unpaired) electrons. The molecule has 174 valence electrons. The van der Waals surface area contributed by atoms with Gasteiger partial charge in [0.05, 0.1) is 0 Å². The molecule has 0 aliphatic heterocycles. The molecule has 0 unspecified atom stereocenters. The summed E-state index contributed by atoms with van der Waals surface area (Å²) >= 11 is 0. The van der Waals surface area contributed by atoms with Crippen LogP contribution in [0, 0.1) is 0 Å². The van der Waals surface area contributed by atoms with Crippen molar-refractivity contribution < 1.29 is 34.4 Å². The highest BCUT2D eigenvalue weighted by Gasteiger charge is 2.16. The lowest BCUT2D eigenvalue weighted by atomic mass is 10.0. The fourth-order valence-corrected chi connectivity index (χ4v) is 3.11. The lowest BCUT2D eigenvalue weighted by molar-refractivity contribution is -0.226. The van der Waals surface area contributed by atoms with Crippen LogP contribution in [0.15, 0.2) is 103 Å². The Morgan fingerprint density at radius 2 is 0.853 bits per heavy atom. The van der Waals surface area contributed by atoms with E-state index in [4.69, 9.17) is 29.3 Å². The molecule has 0 atom stereocenters. The van der Waals surface area contributed by atoms with Crippen LogP contribution in [0.1, 0.15) is 16.7 Å². The highest BCUT2D eigenvalue weighted by Crippen LogP contribution is 2.28. The second-order valence-corrected chi connectivity index (χ2v) is 7.18. The van der Waals surface area contributed by atoms with Gasteiger partial charge in [-0.25, -0.2) is 0 Å². The number of para-hydroxylation sites is 3. The van der Waals surface area contributed by atoms with Gasteiger partial charge in [-0.15, -0.1) is 0 Å². The summed E-state index contributed by atoms with van der Waals surface area (Å²) in [7, 11) is 0. The molecule has 4 aromatic rings. The third-order valence-electron chi connectivity index (χ3n) is 4.82. The van der Waals surface area contributed by atoms with E-state index in [0.29, 0.717) is 28.4 Å². The first kappa shape index (κ1) is 23.1. The lowest BCUT2D eigenvalue weighted by Gasteiger charge is -2.16. The van der Waals surface area contributed by atoms with Gasteiger partial charge >= 0.3 is 0 Å². The molecule has 4 aromatic carbocycles. The first-order valence-electron chi connectivity index (χ1n) is 10.7. The quantitative estimate of drug-likeness (QED) is 0.208. The molecule has 0 aromatic heterocycles. The van der Waals surface area contributed by atoms with E-state index in [2.05, 4.69) is 0 Å². The van der Waals surface area contributed by atoms with Crippen LogP contribution < -0.4 is 14.7 Å². The van der Waals surface area contributed by atoms with E-state index < -0.39 is 0 Å². The average molecular weight is 460 g/mol. The maximum Gasteiger partial charge on any atom is 0.165 e. The standard InChI is InChI=1S/C27H24O7/c28-27-17-16-21(18-29-32-22-10-4-1-5-11-22)25(19-30-33-23-12-6-2-7-13-23)26(27)20-31-34-24-14-8-3-9-15-24/h1-17,28H,18-20H2. The Bertz CT molecular complexity index is 1140. The first-order valence-corrected chi connectivity index (χ1v) is 10.7. The summed E-state index contributed by atoms with van der Waals surface area (Å²) in [4.78, 5) is 32.4. The van der Waals surface area contributed by atoms with Crippen molar-refractivity contribution in [1.29, 1.82) is 0 Å². The van der Waals surface area contributed by atoms with Crippen molar-refractivity contribution in [2.24, 2.45) is 0 Å². The molecule has 0 aliphatic carbocycles. The molecule has 0 bridgehead atoms. The largest absolute Gasteiger partial charge is 0.508 e. The predicted octanol–water partition coefficient (Wildman–Crippen LogP) is 5.92. The molecule has 7 heteroatoms. The van der Waals surface area contributed by atoms with Crippen LogP contribution in [0.2, 0.25) is 0 Å². The van der Waals surface area contributed by atoms with Gasteiger partial charge in [-0.1, -0.05) is 60.7 Å². The van der Waals surface area contributed by atoms with E-state index in [1.165, 1.54) is 0 Å². The van der Waals surface area contributed by atoms with Crippen molar-refractivity contribution in [3.05, 3.63) is 120 Å². The SMILES string of the molecule is Oc1ccc(COOc2ccccc2)c(COOc2ccccc2)c1COOc1ccccc1. The molecule has 0 saturated carbocycles. The summed E-state index contributed by atoms with van der Waals surface area (Å²) in [5.74, 6) is 1.70. The first-order chi connectivity index (χ1) is 16.8. The summed E-state index contributed by atoms with van der Waals surface area (Å²) in [6.07, 6.45) is 0. The van der Waals surface area contributed by atoms with Crippen molar-refractivity contribution in [1.82, 2.24) is 0 Å². The molecule has 34 heavy (non-hydrogen) atoms. The molecule has 7 nitrogen and oxygen atoms in total. The number of phenols is 1. The van der Waals surface area contributed by atoms with Crippen LogP contribution in [0.4, 0.5) is 0 Å². The maximum atomic E-state index is 10.5. The van der Waals surface area contributed by atoms with Crippen LogP contribution in [0.25, 0.3) is 0 Å². The topological polar surface area (TPSA) is 75.6 Å². The van der Waals surface area contributed by atoms with Crippen LogP contribution in [-0.2, 0) is 34.5 Å². The van der Waals surface area contributed by atoms with E-state index in [-0.39, 0.29) is 25.6 Å². The van der Waals surface area contributed by atoms with Gasteiger partial charge in [0.15, 0.2) is 17.2 Å². The van der Waals surface area contributed by atoms with Gasteiger partial charge in [0.25, 0.3) is 0 Å². The smallest absolute Gasteiger partial charge is 0.165 e. The van der Waals surface area contributed by atoms with E-state index in [1.807, 2.05) is 54.6 Å². The third kappa shape index (κ3) is 6.73. The van der Waals surface area contributed by atoms with E-state index in [0.717, 1.165) is 5.56 Å². The molecule has 0 spiro atoms. The summed E-state index contributed by atoms with van der Waals surface area (Å²) in [6, 6.07) is 30.6. The second kappa shape index (κ2) is 12.3. The molecule has 1 N–H and O–H groups in total. The van der Waals surface area contributed by atoms with Crippen molar-refractivity contribution >= 4 is 0 Å². The maximum absolute atomic E-state index is 10.5. The van der Waals surface area contributed by atoms with Crippen LogP contribution >= 0.6 is 0 Å². The van der Waals surface area contributed by atoms with Gasteiger partial charge < -0.3 is 19.8 Å². The van der Waals surface area contributed by atoms with Crippen molar-refractivity contribution in [3.8, 4) is 23.0 Å². The molecule has 0 aliphatic rings. The highest BCUT2D eigenvalue weighted by atomic mass is 17.2. The van der Waals surface area contributed by atoms with Gasteiger partial charge in [0.1, 0.15) is 25.6 Å². The lowest BCUT2D eigenvalue weighted by Crippen LogP contribution is -2.09. The fourth-order valence-electron chi connectivity index (χ4n) is 3.11. The number of hydrogen-bond donors (Lipinski definition) is 1. The van der Waals surface area contributed by atoms with Gasteiger partial charge in [0, 0.05) is 5.56 Å². The number of rotatable bonds is 12. The van der Waals surface area contributed by atoms with E-state index in [9.17, 15) is 5.11 Å². The van der Waals surface area contributed by atoms with Crippen molar-refractivity contribution in [3.63, 3.8) is 0 Å². The number of benzene rings is 4. The van der Waals surface area contributed by atoms with Gasteiger partial charge in [-0.2, -0.15) is 14.7 Å². The van der Waals surface area contributed by atoms with Crippen LogP contribution in [-0.4, -0.2) is 5.11 Å². The summed E-state index contributed by atoms with van der Waals surface area (Å²) in [5, 5.41) is 10.5. The molecule has 0 saturated heterocycles. The van der Waals surface area contributed by atoms with E-state index in [1.54, 1.807) is 48.5 Å². The molecule has 0 amide bonds. The normalized spacial score (nSPS) is 10.6. The summed E-state index contributed by atoms with van der Waals surface area (Å²) < 4.78 is 0. The Balaban J connectivity index is 1.46. The van der Waals surface area contributed by atoms with Gasteiger partial charge in [-0.3, -0.25) is 0 Å². The Labute approximate surface area is 197 Å².